The van der Waals surface area contributed by atoms with E-state index in [0.717, 1.165) is 17.9 Å². The van der Waals surface area contributed by atoms with Gasteiger partial charge >= 0.3 is 0 Å². The van der Waals surface area contributed by atoms with E-state index >= 15 is 0 Å². The molecule has 0 atom stereocenters. The molecule has 0 radical (unpaired) electrons. The Kier molecular flexibility index (Phi) is 4.08. The molecule has 2 aromatic heterocycles. The standard InChI is InChI=1S/C19H19N6/c1-23-19(15-25(22-23)13-17-10-6-3-7-11-17)18-14-24(21-20-18)12-16-8-4-2-5-9-16/h2-11,14-15H,12-13H2,1H3/q+1. The summed E-state index contributed by atoms with van der Waals surface area (Å²) in [5.74, 6) is 0. The molecule has 0 spiro atoms. The number of hydrogen-bond acceptors (Lipinski definition) is 3. The number of nitrogens with zero attached hydrogens (tertiary/aromatic N) is 6. The summed E-state index contributed by atoms with van der Waals surface area (Å²) in [6.45, 7) is 1.43. The third kappa shape index (κ3) is 3.47. The molecule has 0 aliphatic rings. The minimum Gasteiger partial charge on any atom is -0.247 e. The predicted molar refractivity (Wildman–Crippen MR) is 93.5 cm³/mol. The van der Waals surface area contributed by atoms with E-state index in [2.05, 4.69) is 39.8 Å². The van der Waals surface area contributed by atoms with Crippen molar-refractivity contribution in [3.63, 3.8) is 0 Å². The van der Waals surface area contributed by atoms with Crippen LogP contribution in [0.4, 0.5) is 0 Å². The largest absolute Gasteiger partial charge is 0.247 e. The lowest BCUT2D eigenvalue weighted by molar-refractivity contribution is -0.747. The van der Waals surface area contributed by atoms with E-state index in [-0.39, 0.29) is 0 Å². The van der Waals surface area contributed by atoms with Crippen molar-refractivity contribution in [2.45, 2.75) is 13.1 Å². The van der Waals surface area contributed by atoms with Gasteiger partial charge in [0.05, 0.1) is 18.0 Å². The maximum absolute atomic E-state index is 4.53. The number of benzene rings is 2. The molecule has 6 nitrogen and oxygen atoms in total. The summed E-state index contributed by atoms with van der Waals surface area (Å²) in [5.41, 5.74) is 4.17. The summed E-state index contributed by atoms with van der Waals surface area (Å²) in [4.78, 5) is 0. The highest BCUT2D eigenvalue weighted by Crippen LogP contribution is 2.13. The summed E-state index contributed by atoms with van der Waals surface area (Å²) in [7, 11) is 1.92. The van der Waals surface area contributed by atoms with Gasteiger partial charge in [0.1, 0.15) is 13.6 Å². The van der Waals surface area contributed by atoms with Crippen molar-refractivity contribution in [1.82, 2.24) is 24.9 Å². The fraction of sp³-hybridized carbons (Fsp3) is 0.158. The van der Waals surface area contributed by atoms with Crippen LogP contribution < -0.4 is 4.68 Å². The van der Waals surface area contributed by atoms with Gasteiger partial charge in [0, 0.05) is 0 Å². The first-order chi connectivity index (χ1) is 12.3. The van der Waals surface area contributed by atoms with Crippen LogP contribution in [0.2, 0.25) is 0 Å². The van der Waals surface area contributed by atoms with Gasteiger partial charge in [-0.2, -0.15) is 0 Å². The van der Waals surface area contributed by atoms with Gasteiger partial charge in [-0.15, -0.1) is 14.5 Å². The quantitative estimate of drug-likeness (QED) is 0.526. The average Bonchev–Trinajstić information content (AvgIpc) is 3.23. The predicted octanol–water partition coefficient (Wildman–Crippen LogP) is 2.06. The van der Waals surface area contributed by atoms with Crippen LogP contribution in [-0.4, -0.2) is 24.9 Å². The van der Waals surface area contributed by atoms with E-state index in [0.29, 0.717) is 6.54 Å². The molecule has 0 aliphatic carbocycles. The lowest BCUT2D eigenvalue weighted by atomic mass is 10.2. The molecule has 6 heteroatoms. The van der Waals surface area contributed by atoms with Crippen LogP contribution in [0.1, 0.15) is 11.1 Å². The maximum atomic E-state index is 4.53. The highest BCUT2D eigenvalue weighted by Gasteiger charge is 2.18. The number of aromatic nitrogens is 6. The van der Waals surface area contributed by atoms with Crippen LogP contribution in [0.15, 0.2) is 73.1 Å². The lowest BCUT2D eigenvalue weighted by Gasteiger charge is -1.98. The van der Waals surface area contributed by atoms with E-state index in [4.69, 9.17) is 0 Å². The Morgan fingerprint density at radius 3 is 2.32 bits per heavy atom. The van der Waals surface area contributed by atoms with Crippen LogP contribution in [0.5, 0.6) is 0 Å². The molecule has 124 valence electrons. The summed E-state index contributed by atoms with van der Waals surface area (Å²) in [6, 6.07) is 20.5. The van der Waals surface area contributed by atoms with E-state index in [1.165, 1.54) is 11.1 Å². The SMILES string of the molecule is Cn1n[n+](Cc2ccccc2)cc1-c1cn(Cc2ccccc2)nn1. The van der Waals surface area contributed by atoms with E-state index in [1.807, 2.05) is 69.9 Å². The summed E-state index contributed by atoms with van der Waals surface area (Å²) >= 11 is 0. The third-order valence-electron chi connectivity index (χ3n) is 4.04. The molecule has 0 N–H and O–H groups in total. The summed E-state index contributed by atoms with van der Waals surface area (Å²) in [6.07, 6.45) is 3.96. The molecular weight excluding hydrogens is 312 g/mol. The van der Waals surface area contributed by atoms with Gasteiger partial charge in [-0.3, -0.25) is 0 Å². The Hall–Kier alpha value is -3.28. The molecule has 4 aromatic rings. The molecule has 0 bridgehead atoms. The Balaban J connectivity index is 1.54. The Bertz CT molecular complexity index is 956. The fourth-order valence-corrected chi connectivity index (χ4v) is 2.81. The van der Waals surface area contributed by atoms with Crippen LogP contribution >= 0.6 is 0 Å². The van der Waals surface area contributed by atoms with Crippen molar-refractivity contribution in [3.8, 4) is 11.4 Å². The van der Waals surface area contributed by atoms with Crippen LogP contribution in [0.3, 0.4) is 0 Å². The maximum Gasteiger partial charge on any atom is 0.219 e. The number of rotatable bonds is 5. The first-order valence-electron chi connectivity index (χ1n) is 8.20. The van der Waals surface area contributed by atoms with Crippen molar-refractivity contribution in [3.05, 3.63) is 84.2 Å². The van der Waals surface area contributed by atoms with Gasteiger partial charge in [0.25, 0.3) is 0 Å². The molecule has 25 heavy (non-hydrogen) atoms. The molecule has 0 unspecified atom stereocenters. The smallest absolute Gasteiger partial charge is 0.219 e. The molecule has 4 rings (SSSR count). The fourth-order valence-electron chi connectivity index (χ4n) is 2.81. The van der Waals surface area contributed by atoms with Crippen LogP contribution in [-0.2, 0) is 20.1 Å². The minimum atomic E-state index is 0.704. The van der Waals surface area contributed by atoms with E-state index in [1.54, 1.807) is 0 Å². The first-order valence-corrected chi connectivity index (χ1v) is 8.20. The second-order valence-electron chi connectivity index (χ2n) is 6.00. The molecule has 0 amide bonds. The zero-order chi connectivity index (χ0) is 17.1. The molecule has 2 aromatic carbocycles. The van der Waals surface area contributed by atoms with Gasteiger partial charge in [-0.05, 0) is 11.1 Å². The first kappa shape index (κ1) is 15.3. The second kappa shape index (κ2) is 6.68. The molecular formula is C19H19N6+. The van der Waals surface area contributed by atoms with E-state index in [9.17, 15) is 0 Å². The van der Waals surface area contributed by atoms with Gasteiger partial charge in [-0.25, -0.2) is 4.68 Å². The molecule has 2 heterocycles. The Labute approximate surface area is 145 Å². The second-order valence-corrected chi connectivity index (χ2v) is 6.00. The minimum absolute atomic E-state index is 0.704. The third-order valence-corrected chi connectivity index (χ3v) is 4.04. The average molecular weight is 331 g/mol. The monoisotopic (exact) mass is 331 g/mol. The normalized spacial score (nSPS) is 10.9. The van der Waals surface area contributed by atoms with Crippen molar-refractivity contribution in [2.24, 2.45) is 7.05 Å². The van der Waals surface area contributed by atoms with Gasteiger partial charge in [0.15, 0.2) is 11.9 Å². The van der Waals surface area contributed by atoms with Crippen molar-refractivity contribution in [1.29, 1.82) is 0 Å². The van der Waals surface area contributed by atoms with Crippen LogP contribution in [0.25, 0.3) is 11.4 Å². The van der Waals surface area contributed by atoms with Crippen LogP contribution in [0, 0.1) is 0 Å². The molecule has 0 fully saturated rings. The van der Waals surface area contributed by atoms with Crippen molar-refractivity contribution >= 4 is 0 Å². The van der Waals surface area contributed by atoms with Crippen molar-refractivity contribution in [2.75, 3.05) is 0 Å². The lowest BCUT2D eigenvalue weighted by Crippen LogP contribution is -2.36. The highest BCUT2D eigenvalue weighted by molar-refractivity contribution is 5.49. The van der Waals surface area contributed by atoms with Gasteiger partial charge in [-0.1, -0.05) is 65.9 Å². The molecule has 0 aliphatic heterocycles. The number of hydrogen-bond donors (Lipinski definition) is 0. The molecule has 0 saturated carbocycles. The number of aryl methyl sites for hydroxylation is 1. The Morgan fingerprint density at radius 2 is 1.60 bits per heavy atom. The topological polar surface area (TPSA) is 52.4 Å². The van der Waals surface area contributed by atoms with Gasteiger partial charge in [0.2, 0.25) is 5.69 Å². The zero-order valence-corrected chi connectivity index (χ0v) is 14.0. The van der Waals surface area contributed by atoms with Crippen molar-refractivity contribution < 1.29 is 4.68 Å². The van der Waals surface area contributed by atoms with E-state index < -0.39 is 0 Å². The summed E-state index contributed by atoms with van der Waals surface area (Å²) < 4.78 is 5.60. The molecule has 0 saturated heterocycles. The Morgan fingerprint density at radius 1 is 0.920 bits per heavy atom. The zero-order valence-electron chi connectivity index (χ0n) is 14.0. The van der Waals surface area contributed by atoms with Gasteiger partial charge < -0.3 is 0 Å². The highest BCUT2D eigenvalue weighted by atomic mass is 15.5. The summed E-state index contributed by atoms with van der Waals surface area (Å²) in [5, 5.41) is 13.1.